The van der Waals surface area contributed by atoms with Gasteiger partial charge in [0.2, 0.25) is 5.91 Å². The van der Waals surface area contributed by atoms with Gasteiger partial charge in [0, 0.05) is 43.1 Å². The molecular weight excluding hydrogens is 344 g/mol. The number of amides is 2. The fraction of sp³-hybridized carbons (Fsp3) is 0.333. The highest BCUT2D eigenvalue weighted by atomic mass is 16.5. The molecule has 2 amide bonds. The van der Waals surface area contributed by atoms with E-state index in [1.165, 1.54) is 6.92 Å². The van der Waals surface area contributed by atoms with Crippen LogP contribution in [0.3, 0.4) is 0 Å². The van der Waals surface area contributed by atoms with Gasteiger partial charge in [-0.15, -0.1) is 0 Å². The monoisotopic (exact) mass is 368 g/mol. The van der Waals surface area contributed by atoms with Crippen molar-refractivity contribution in [2.75, 3.05) is 30.5 Å². The van der Waals surface area contributed by atoms with E-state index in [4.69, 9.17) is 9.47 Å². The van der Waals surface area contributed by atoms with Gasteiger partial charge in [-0.05, 0) is 61.4 Å². The van der Waals surface area contributed by atoms with Crippen molar-refractivity contribution in [3.05, 3.63) is 54.1 Å². The minimum Gasteiger partial charge on any atom is -0.497 e. The smallest absolute Gasteiger partial charge is 0.258 e. The maximum Gasteiger partial charge on any atom is 0.258 e. The number of rotatable bonds is 5. The Labute approximate surface area is 159 Å². The third-order valence-electron chi connectivity index (χ3n) is 4.58. The van der Waals surface area contributed by atoms with Gasteiger partial charge >= 0.3 is 0 Å². The molecule has 1 N–H and O–H groups in total. The van der Waals surface area contributed by atoms with E-state index < -0.39 is 0 Å². The molecule has 0 radical (unpaired) electrons. The van der Waals surface area contributed by atoms with E-state index in [1.807, 2.05) is 29.2 Å². The second-order valence-corrected chi connectivity index (χ2v) is 6.48. The molecular formula is C21H24N2O4. The van der Waals surface area contributed by atoms with E-state index in [-0.39, 0.29) is 17.9 Å². The second-order valence-electron chi connectivity index (χ2n) is 6.48. The minimum atomic E-state index is -0.127. The normalized spacial score (nSPS) is 14.4. The number of ether oxygens (including phenoxy) is 2. The summed E-state index contributed by atoms with van der Waals surface area (Å²) in [4.78, 5) is 26.3. The highest BCUT2D eigenvalue weighted by molar-refractivity contribution is 6.06. The van der Waals surface area contributed by atoms with Gasteiger partial charge in [0.15, 0.2) is 0 Å². The fourth-order valence-corrected chi connectivity index (χ4v) is 3.22. The van der Waals surface area contributed by atoms with Crippen molar-refractivity contribution in [2.45, 2.75) is 25.8 Å². The summed E-state index contributed by atoms with van der Waals surface area (Å²) in [6.07, 6.45) is 1.57. The lowest BCUT2D eigenvalue weighted by Crippen LogP contribution is -2.43. The van der Waals surface area contributed by atoms with E-state index in [0.717, 1.165) is 18.5 Å². The van der Waals surface area contributed by atoms with E-state index in [9.17, 15) is 9.59 Å². The molecule has 0 unspecified atom stereocenters. The zero-order valence-corrected chi connectivity index (χ0v) is 15.6. The van der Waals surface area contributed by atoms with Gasteiger partial charge in [-0.25, -0.2) is 0 Å². The molecule has 1 heterocycles. The summed E-state index contributed by atoms with van der Waals surface area (Å²) in [7, 11) is 1.60. The molecule has 27 heavy (non-hydrogen) atoms. The number of hydrogen-bond acceptors (Lipinski definition) is 4. The molecule has 0 bridgehead atoms. The van der Waals surface area contributed by atoms with Gasteiger partial charge in [0.05, 0.1) is 7.11 Å². The number of carbonyl (C=O) groups is 2. The number of benzene rings is 2. The first kappa shape index (κ1) is 18.9. The lowest BCUT2D eigenvalue weighted by atomic mass is 10.0. The van der Waals surface area contributed by atoms with Crippen molar-refractivity contribution in [1.29, 1.82) is 0 Å². The number of nitrogens with zero attached hydrogens (tertiary/aromatic N) is 1. The lowest BCUT2D eigenvalue weighted by Gasteiger charge is -2.34. The summed E-state index contributed by atoms with van der Waals surface area (Å²) in [5.41, 5.74) is 2.11. The maximum absolute atomic E-state index is 13.3. The first-order valence-electron chi connectivity index (χ1n) is 9.01. The minimum absolute atomic E-state index is 0.0585. The number of hydrogen-bond donors (Lipinski definition) is 1. The summed E-state index contributed by atoms with van der Waals surface area (Å²) in [6, 6.07) is 14.5. The van der Waals surface area contributed by atoms with Crippen LogP contribution in [-0.2, 0) is 9.53 Å². The van der Waals surface area contributed by atoms with Gasteiger partial charge in [0.25, 0.3) is 5.91 Å². The molecule has 2 aromatic carbocycles. The number of nitrogens with one attached hydrogen (secondary N) is 1. The summed E-state index contributed by atoms with van der Waals surface area (Å²) in [6.45, 7) is 2.75. The van der Waals surface area contributed by atoms with Crippen molar-refractivity contribution in [1.82, 2.24) is 0 Å². The molecule has 0 aromatic heterocycles. The Morgan fingerprint density at radius 3 is 2.22 bits per heavy atom. The SMILES string of the molecule is COc1ccc(C(=O)N(c2ccc(NC(C)=O)cc2)C2CCOCC2)cc1. The van der Waals surface area contributed by atoms with Crippen molar-refractivity contribution in [2.24, 2.45) is 0 Å². The van der Waals surface area contributed by atoms with Crippen molar-refractivity contribution in [3.63, 3.8) is 0 Å². The van der Waals surface area contributed by atoms with Crippen LogP contribution in [0.2, 0.25) is 0 Å². The third-order valence-corrected chi connectivity index (χ3v) is 4.58. The summed E-state index contributed by atoms with van der Waals surface area (Å²) in [5, 5.41) is 2.75. The van der Waals surface area contributed by atoms with Gasteiger partial charge in [-0.2, -0.15) is 0 Å². The van der Waals surface area contributed by atoms with Crippen LogP contribution >= 0.6 is 0 Å². The van der Waals surface area contributed by atoms with Crippen molar-refractivity contribution >= 4 is 23.2 Å². The van der Waals surface area contributed by atoms with Gasteiger partial charge in [-0.3, -0.25) is 9.59 Å². The van der Waals surface area contributed by atoms with Crippen LogP contribution in [0.25, 0.3) is 0 Å². The van der Waals surface area contributed by atoms with Crippen LogP contribution < -0.4 is 15.0 Å². The first-order chi connectivity index (χ1) is 13.1. The van der Waals surface area contributed by atoms with Crippen molar-refractivity contribution in [3.8, 4) is 5.75 Å². The van der Waals surface area contributed by atoms with Crippen LogP contribution in [0.1, 0.15) is 30.1 Å². The number of anilines is 2. The first-order valence-corrected chi connectivity index (χ1v) is 9.01. The highest BCUT2D eigenvalue weighted by Gasteiger charge is 2.28. The molecule has 1 aliphatic rings. The maximum atomic E-state index is 13.3. The standard InChI is InChI=1S/C21H24N2O4/c1-15(24)22-17-5-7-18(8-6-17)23(19-11-13-27-14-12-19)21(25)16-3-9-20(26-2)10-4-16/h3-10,19H,11-14H2,1-2H3,(H,22,24). The summed E-state index contributed by atoms with van der Waals surface area (Å²) in [5.74, 6) is 0.527. The van der Waals surface area contributed by atoms with Crippen LogP contribution in [0, 0.1) is 0 Å². The van der Waals surface area contributed by atoms with Gasteiger partial charge in [0.1, 0.15) is 5.75 Å². The Hall–Kier alpha value is -2.86. The molecule has 1 fully saturated rings. The number of methoxy groups -OCH3 is 1. The molecule has 0 spiro atoms. The average molecular weight is 368 g/mol. The Balaban J connectivity index is 1.90. The Kier molecular flexibility index (Phi) is 6.08. The van der Waals surface area contributed by atoms with E-state index in [2.05, 4.69) is 5.32 Å². The van der Waals surface area contributed by atoms with E-state index in [0.29, 0.717) is 30.2 Å². The quantitative estimate of drug-likeness (QED) is 0.877. The van der Waals surface area contributed by atoms with E-state index >= 15 is 0 Å². The molecule has 0 aliphatic carbocycles. The summed E-state index contributed by atoms with van der Waals surface area (Å²) < 4.78 is 10.6. The Bertz CT molecular complexity index is 781. The van der Waals surface area contributed by atoms with Gasteiger partial charge in [-0.1, -0.05) is 0 Å². The zero-order valence-electron chi connectivity index (χ0n) is 15.6. The Morgan fingerprint density at radius 2 is 1.67 bits per heavy atom. The van der Waals surface area contributed by atoms with Crippen molar-refractivity contribution < 1.29 is 19.1 Å². The number of carbonyl (C=O) groups excluding carboxylic acids is 2. The molecule has 6 nitrogen and oxygen atoms in total. The van der Waals surface area contributed by atoms with E-state index in [1.54, 1.807) is 31.4 Å². The van der Waals surface area contributed by atoms with Crippen LogP contribution in [0.15, 0.2) is 48.5 Å². The molecule has 0 saturated carbocycles. The molecule has 1 aliphatic heterocycles. The van der Waals surface area contributed by atoms with Crippen LogP contribution in [0.4, 0.5) is 11.4 Å². The fourth-order valence-electron chi connectivity index (χ4n) is 3.22. The average Bonchev–Trinajstić information content (AvgIpc) is 2.70. The predicted molar refractivity (Wildman–Crippen MR) is 104 cm³/mol. The van der Waals surface area contributed by atoms with Crippen LogP contribution in [-0.4, -0.2) is 38.2 Å². The Morgan fingerprint density at radius 1 is 1.04 bits per heavy atom. The molecule has 142 valence electrons. The molecule has 1 saturated heterocycles. The summed E-state index contributed by atoms with van der Waals surface area (Å²) >= 11 is 0. The topological polar surface area (TPSA) is 67.9 Å². The third kappa shape index (κ3) is 4.65. The largest absolute Gasteiger partial charge is 0.497 e. The molecule has 2 aromatic rings. The van der Waals surface area contributed by atoms with Gasteiger partial charge < -0.3 is 19.7 Å². The van der Waals surface area contributed by atoms with Crippen LogP contribution in [0.5, 0.6) is 5.75 Å². The molecule has 0 atom stereocenters. The predicted octanol–water partition coefficient (Wildman–Crippen LogP) is 3.48. The second kappa shape index (κ2) is 8.68. The lowest BCUT2D eigenvalue weighted by molar-refractivity contribution is -0.114. The molecule has 6 heteroatoms. The highest BCUT2D eigenvalue weighted by Crippen LogP contribution is 2.27. The zero-order chi connectivity index (χ0) is 19.2. The molecule has 3 rings (SSSR count).